The number of aromatic nitrogens is 2. The summed E-state index contributed by atoms with van der Waals surface area (Å²) in [5.41, 5.74) is 1.95. The average Bonchev–Trinajstić information content (AvgIpc) is 2.61. The van der Waals surface area contributed by atoms with Gasteiger partial charge in [0.2, 0.25) is 5.88 Å². The Hall–Kier alpha value is -2.79. The lowest BCUT2D eigenvalue weighted by Gasteiger charge is -2.09. The molecule has 0 fully saturated rings. The molecule has 2 heterocycles. The zero-order valence-electron chi connectivity index (χ0n) is 13.1. The third-order valence-electron chi connectivity index (χ3n) is 3.30. The summed E-state index contributed by atoms with van der Waals surface area (Å²) in [6, 6.07) is 14.8. The molecule has 0 aliphatic carbocycles. The quantitative estimate of drug-likeness (QED) is 0.667. The highest BCUT2D eigenvalue weighted by Crippen LogP contribution is 2.23. The summed E-state index contributed by atoms with van der Waals surface area (Å²) < 4.78 is 10.9. The molecule has 0 unspecified atom stereocenters. The lowest BCUT2D eigenvalue weighted by molar-refractivity contribution is 0.412. The Kier molecular flexibility index (Phi) is 5.13. The number of halogens is 1. The van der Waals surface area contributed by atoms with Crippen LogP contribution in [0.4, 0.5) is 5.69 Å². The summed E-state index contributed by atoms with van der Waals surface area (Å²) >= 11 is 5.87. The lowest BCUT2D eigenvalue weighted by Crippen LogP contribution is -2.00. The van der Waals surface area contributed by atoms with Gasteiger partial charge < -0.3 is 14.8 Å². The van der Waals surface area contributed by atoms with Gasteiger partial charge in [-0.1, -0.05) is 11.6 Å². The molecule has 24 heavy (non-hydrogen) atoms. The number of anilines is 1. The van der Waals surface area contributed by atoms with Gasteiger partial charge in [-0.3, -0.25) is 0 Å². The maximum absolute atomic E-state index is 5.87. The largest absolute Gasteiger partial charge is 0.497 e. The number of pyridine rings is 2. The Labute approximate surface area is 145 Å². The van der Waals surface area contributed by atoms with Crippen LogP contribution in [0.2, 0.25) is 5.15 Å². The Morgan fingerprint density at radius 3 is 2.46 bits per heavy atom. The maximum atomic E-state index is 5.87. The molecular weight excluding hydrogens is 326 g/mol. The molecule has 0 aliphatic heterocycles. The van der Waals surface area contributed by atoms with E-state index in [4.69, 9.17) is 21.1 Å². The Bertz CT molecular complexity index is 809. The molecule has 0 atom stereocenters. The van der Waals surface area contributed by atoms with Crippen molar-refractivity contribution in [1.82, 2.24) is 9.97 Å². The summed E-state index contributed by atoms with van der Waals surface area (Å²) in [6.45, 7) is 0.627. The third kappa shape index (κ3) is 4.36. The molecule has 0 saturated carbocycles. The first-order valence-electron chi connectivity index (χ1n) is 7.35. The third-order valence-corrected chi connectivity index (χ3v) is 3.51. The summed E-state index contributed by atoms with van der Waals surface area (Å²) in [7, 11) is 1.63. The van der Waals surface area contributed by atoms with Crippen molar-refractivity contribution >= 4 is 17.3 Å². The predicted molar refractivity (Wildman–Crippen MR) is 93.9 cm³/mol. The van der Waals surface area contributed by atoms with Gasteiger partial charge in [-0.2, -0.15) is 0 Å². The first kappa shape index (κ1) is 16.1. The first-order chi connectivity index (χ1) is 11.7. The zero-order chi connectivity index (χ0) is 16.8. The molecule has 3 rings (SSSR count). The molecule has 0 bridgehead atoms. The summed E-state index contributed by atoms with van der Waals surface area (Å²) in [5.74, 6) is 2.02. The van der Waals surface area contributed by atoms with Gasteiger partial charge in [0.15, 0.2) is 0 Å². The fourth-order valence-electron chi connectivity index (χ4n) is 2.10. The minimum Gasteiger partial charge on any atom is -0.497 e. The van der Waals surface area contributed by atoms with Gasteiger partial charge in [-0.15, -0.1) is 0 Å². The van der Waals surface area contributed by atoms with Crippen LogP contribution in [0, 0.1) is 0 Å². The Morgan fingerprint density at radius 2 is 1.71 bits per heavy atom. The normalized spacial score (nSPS) is 10.2. The molecule has 122 valence electrons. The van der Waals surface area contributed by atoms with Crippen LogP contribution in [0.15, 0.2) is 60.9 Å². The van der Waals surface area contributed by atoms with Gasteiger partial charge in [0.1, 0.15) is 16.7 Å². The Balaban J connectivity index is 1.65. The Morgan fingerprint density at radius 1 is 0.958 bits per heavy atom. The lowest BCUT2D eigenvalue weighted by atomic mass is 10.2. The van der Waals surface area contributed by atoms with Crippen molar-refractivity contribution in [2.45, 2.75) is 6.54 Å². The molecule has 5 nitrogen and oxygen atoms in total. The SMILES string of the molecule is COc1ccc(Oc2cc(CNc3ccnc(Cl)c3)ccn2)cc1. The fraction of sp³-hybridized carbons (Fsp3) is 0.111. The van der Waals surface area contributed by atoms with Gasteiger partial charge in [-0.25, -0.2) is 9.97 Å². The molecule has 1 aromatic carbocycles. The van der Waals surface area contributed by atoms with E-state index in [0.717, 1.165) is 17.0 Å². The average molecular weight is 342 g/mol. The van der Waals surface area contributed by atoms with Crippen molar-refractivity contribution in [1.29, 1.82) is 0 Å². The number of hydrogen-bond donors (Lipinski definition) is 1. The van der Waals surface area contributed by atoms with E-state index in [2.05, 4.69) is 15.3 Å². The molecule has 0 aliphatic rings. The van der Waals surface area contributed by atoms with E-state index in [0.29, 0.717) is 23.3 Å². The van der Waals surface area contributed by atoms with Crippen LogP contribution in [-0.2, 0) is 6.54 Å². The smallest absolute Gasteiger partial charge is 0.219 e. The number of rotatable bonds is 6. The molecule has 0 saturated heterocycles. The van der Waals surface area contributed by atoms with E-state index < -0.39 is 0 Å². The van der Waals surface area contributed by atoms with Gasteiger partial charge in [-0.05, 0) is 48.0 Å². The number of nitrogens with zero attached hydrogens (tertiary/aromatic N) is 2. The highest BCUT2D eigenvalue weighted by molar-refractivity contribution is 6.29. The van der Waals surface area contributed by atoms with Crippen LogP contribution in [0.1, 0.15) is 5.56 Å². The molecule has 6 heteroatoms. The topological polar surface area (TPSA) is 56.3 Å². The number of methoxy groups -OCH3 is 1. The molecule has 0 radical (unpaired) electrons. The fourth-order valence-corrected chi connectivity index (χ4v) is 2.27. The van der Waals surface area contributed by atoms with Gasteiger partial charge in [0.25, 0.3) is 0 Å². The summed E-state index contributed by atoms with van der Waals surface area (Å²) in [6.07, 6.45) is 3.38. The molecule has 1 N–H and O–H groups in total. The zero-order valence-corrected chi connectivity index (χ0v) is 13.8. The molecule has 0 amide bonds. The second-order valence-electron chi connectivity index (χ2n) is 5.00. The standard InChI is InChI=1S/C18H16ClN3O2/c1-23-15-2-4-16(5-3-15)24-18-10-13(6-8-21-18)12-22-14-7-9-20-17(19)11-14/h2-11H,12H2,1H3,(H,20,22). The van der Waals surface area contributed by atoms with E-state index in [9.17, 15) is 0 Å². The van der Waals surface area contributed by atoms with Crippen molar-refractivity contribution < 1.29 is 9.47 Å². The molecule has 3 aromatic rings. The minimum absolute atomic E-state index is 0.457. The van der Waals surface area contributed by atoms with Crippen molar-refractivity contribution in [2.75, 3.05) is 12.4 Å². The summed E-state index contributed by atoms with van der Waals surface area (Å²) in [4.78, 5) is 8.19. The molecule has 0 spiro atoms. The second-order valence-corrected chi connectivity index (χ2v) is 5.39. The second kappa shape index (κ2) is 7.66. The van der Waals surface area contributed by atoms with Crippen molar-refractivity contribution in [3.8, 4) is 17.4 Å². The molecule has 2 aromatic heterocycles. The summed E-state index contributed by atoms with van der Waals surface area (Å²) in [5, 5.41) is 3.74. The number of ether oxygens (including phenoxy) is 2. The van der Waals surface area contributed by atoms with Crippen LogP contribution in [0.25, 0.3) is 0 Å². The van der Waals surface area contributed by atoms with E-state index in [1.165, 1.54) is 0 Å². The van der Waals surface area contributed by atoms with Crippen LogP contribution in [0.5, 0.6) is 17.4 Å². The van der Waals surface area contributed by atoms with E-state index in [-0.39, 0.29) is 0 Å². The van der Waals surface area contributed by atoms with Crippen LogP contribution < -0.4 is 14.8 Å². The van der Waals surface area contributed by atoms with Crippen LogP contribution in [0.3, 0.4) is 0 Å². The molecular formula is C18H16ClN3O2. The monoisotopic (exact) mass is 341 g/mol. The maximum Gasteiger partial charge on any atom is 0.219 e. The first-order valence-corrected chi connectivity index (χ1v) is 7.73. The predicted octanol–water partition coefficient (Wildman–Crippen LogP) is 4.54. The number of benzene rings is 1. The highest BCUT2D eigenvalue weighted by Gasteiger charge is 2.02. The van der Waals surface area contributed by atoms with Crippen LogP contribution >= 0.6 is 11.6 Å². The highest BCUT2D eigenvalue weighted by atomic mass is 35.5. The van der Waals surface area contributed by atoms with Crippen molar-refractivity contribution in [3.63, 3.8) is 0 Å². The van der Waals surface area contributed by atoms with Gasteiger partial charge in [0.05, 0.1) is 7.11 Å². The van der Waals surface area contributed by atoms with E-state index in [1.54, 1.807) is 25.6 Å². The van der Waals surface area contributed by atoms with Gasteiger partial charge >= 0.3 is 0 Å². The number of hydrogen-bond acceptors (Lipinski definition) is 5. The minimum atomic E-state index is 0.457. The number of nitrogens with one attached hydrogen (secondary N) is 1. The van der Waals surface area contributed by atoms with E-state index in [1.807, 2.05) is 42.5 Å². The van der Waals surface area contributed by atoms with Gasteiger partial charge in [0, 0.05) is 30.7 Å². The van der Waals surface area contributed by atoms with E-state index >= 15 is 0 Å². The van der Waals surface area contributed by atoms with Crippen molar-refractivity contribution in [3.05, 3.63) is 71.6 Å². The van der Waals surface area contributed by atoms with Crippen molar-refractivity contribution in [2.24, 2.45) is 0 Å². The van der Waals surface area contributed by atoms with Crippen LogP contribution in [-0.4, -0.2) is 17.1 Å².